The van der Waals surface area contributed by atoms with Gasteiger partial charge in [-0.05, 0) is 13.0 Å². The normalized spacial score (nSPS) is 19.1. The van der Waals surface area contributed by atoms with Crippen molar-refractivity contribution in [3.05, 3.63) is 18.0 Å². The van der Waals surface area contributed by atoms with E-state index >= 15 is 0 Å². The van der Waals surface area contributed by atoms with E-state index in [1.807, 2.05) is 6.92 Å². The molecule has 0 aliphatic carbocycles. The van der Waals surface area contributed by atoms with Gasteiger partial charge in [0.15, 0.2) is 0 Å². The number of hydrogen-bond donors (Lipinski definition) is 1. The molecule has 2 rings (SSSR count). The molecule has 1 aromatic heterocycles. The van der Waals surface area contributed by atoms with Gasteiger partial charge in [-0.2, -0.15) is 13.2 Å². The first-order chi connectivity index (χ1) is 9.41. The van der Waals surface area contributed by atoms with Crippen LogP contribution in [-0.2, 0) is 6.18 Å². The fraction of sp³-hybridized carbons (Fsp3) is 0.667. The zero-order valence-electron chi connectivity index (χ0n) is 11.3. The standard InChI is InChI=1S/C12H18F3N5/c1-9(8-16)19-4-6-20(7-5-19)11-17-3-2-10(18-11)12(13,14)15/h2-3,9H,4-8,16H2,1H3. The van der Waals surface area contributed by atoms with Crippen molar-refractivity contribution in [1.82, 2.24) is 14.9 Å². The summed E-state index contributed by atoms with van der Waals surface area (Å²) in [4.78, 5) is 11.5. The summed E-state index contributed by atoms with van der Waals surface area (Å²) in [5, 5.41) is 0. The second-order valence-electron chi connectivity index (χ2n) is 4.85. The van der Waals surface area contributed by atoms with Crippen LogP contribution < -0.4 is 10.6 Å². The Hall–Kier alpha value is -1.41. The molecule has 112 valence electrons. The van der Waals surface area contributed by atoms with Gasteiger partial charge in [-0.25, -0.2) is 9.97 Å². The van der Waals surface area contributed by atoms with Crippen molar-refractivity contribution in [2.75, 3.05) is 37.6 Å². The maximum absolute atomic E-state index is 12.6. The third-order valence-corrected chi connectivity index (χ3v) is 3.49. The van der Waals surface area contributed by atoms with Crippen molar-refractivity contribution in [1.29, 1.82) is 0 Å². The van der Waals surface area contributed by atoms with Crippen LogP contribution in [0, 0.1) is 0 Å². The largest absolute Gasteiger partial charge is 0.433 e. The molecule has 1 fully saturated rings. The fourth-order valence-electron chi connectivity index (χ4n) is 2.17. The lowest BCUT2D eigenvalue weighted by Gasteiger charge is -2.37. The quantitative estimate of drug-likeness (QED) is 0.898. The average Bonchev–Trinajstić information content (AvgIpc) is 2.46. The Morgan fingerprint density at radius 1 is 1.30 bits per heavy atom. The number of nitrogens with two attached hydrogens (primary N) is 1. The van der Waals surface area contributed by atoms with Crippen LogP contribution in [0.2, 0.25) is 0 Å². The van der Waals surface area contributed by atoms with Crippen LogP contribution in [0.4, 0.5) is 19.1 Å². The molecular weight excluding hydrogens is 271 g/mol. The molecule has 0 radical (unpaired) electrons. The molecule has 20 heavy (non-hydrogen) atoms. The van der Waals surface area contributed by atoms with Crippen molar-refractivity contribution in [3.63, 3.8) is 0 Å². The number of aromatic nitrogens is 2. The van der Waals surface area contributed by atoms with Crippen LogP contribution in [0.1, 0.15) is 12.6 Å². The van der Waals surface area contributed by atoms with Gasteiger partial charge in [0.1, 0.15) is 5.69 Å². The van der Waals surface area contributed by atoms with Crippen molar-refractivity contribution in [2.45, 2.75) is 19.1 Å². The lowest BCUT2D eigenvalue weighted by molar-refractivity contribution is -0.141. The van der Waals surface area contributed by atoms with Crippen molar-refractivity contribution in [2.24, 2.45) is 5.73 Å². The van der Waals surface area contributed by atoms with Crippen LogP contribution in [0.3, 0.4) is 0 Å². The molecule has 5 nitrogen and oxygen atoms in total. The number of anilines is 1. The Morgan fingerprint density at radius 2 is 1.95 bits per heavy atom. The molecule has 1 aromatic rings. The molecule has 1 atom stereocenters. The minimum Gasteiger partial charge on any atom is -0.338 e. The number of nitrogens with zero attached hydrogens (tertiary/aromatic N) is 4. The van der Waals surface area contributed by atoms with Gasteiger partial charge < -0.3 is 10.6 Å². The first-order valence-corrected chi connectivity index (χ1v) is 6.51. The van der Waals surface area contributed by atoms with E-state index in [1.165, 1.54) is 0 Å². The molecule has 1 unspecified atom stereocenters. The Labute approximate surface area is 115 Å². The summed E-state index contributed by atoms with van der Waals surface area (Å²) in [5.41, 5.74) is 4.71. The first-order valence-electron chi connectivity index (χ1n) is 6.51. The summed E-state index contributed by atoms with van der Waals surface area (Å²) >= 11 is 0. The molecule has 1 aliphatic rings. The van der Waals surface area contributed by atoms with Crippen molar-refractivity contribution < 1.29 is 13.2 Å². The third kappa shape index (κ3) is 3.37. The van der Waals surface area contributed by atoms with Crippen LogP contribution in [0.25, 0.3) is 0 Å². The van der Waals surface area contributed by atoms with Crippen LogP contribution >= 0.6 is 0 Å². The maximum Gasteiger partial charge on any atom is 0.433 e. The monoisotopic (exact) mass is 289 g/mol. The van der Waals surface area contributed by atoms with E-state index in [9.17, 15) is 13.2 Å². The molecule has 1 aliphatic heterocycles. The number of hydrogen-bond acceptors (Lipinski definition) is 5. The molecule has 1 saturated heterocycles. The van der Waals surface area contributed by atoms with E-state index in [0.29, 0.717) is 19.6 Å². The molecule has 0 bridgehead atoms. The SMILES string of the molecule is CC(CN)N1CCN(c2nccc(C(F)(F)F)n2)CC1. The van der Waals surface area contributed by atoms with Gasteiger partial charge in [-0.3, -0.25) is 4.90 Å². The second-order valence-corrected chi connectivity index (χ2v) is 4.85. The highest BCUT2D eigenvalue weighted by atomic mass is 19.4. The summed E-state index contributed by atoms with van der Waals surface area (Å²) in [5.74, 6) is 0.139. The van der Waals surface area contributed by atoms with E-state index in [0.717, 1.165) is 25.4 Å². The Bertz CT molecular complexity index is 443. The predicted molar refractivity (Wildman–Crippen MR) is 69.3 cm³/mol. The molecule has 0 saturated carbocycles. The summed E-state index contributed by atoms with van der Waals surface area (Å²) in [6.45, 7) is 5.31. The molecule has 8 heteroatoms. The van der Waals surface area contributed by atoms with Gasteiger partial charge in [-0.1, -0.05) is 0 Å². The van der Waals surface area contributed by atoms with Gasteiger partial charge in [-0.15, -0.1) is 0 Å². The topological polar surface area (TPSA) is 58.3 Å². The highest BCUT2D eigenvalue weighted by Crippen LogP contribution is 2.28. The lowest BCUT2D eigenvalue weighted by atomic mass is 10.2. The summed E-state index contributed by atoms with van der Waals surface area (Å²) in [6.07, 6.45) is -3.28. The first kappa shape index (κ1) is 15.0. The summed E-state index contributed by atoms with van der Waals surface area (Å²) < 4.78 is 37.9. The van der Waals surface area contributed by atoms with E-state index in [2.05, 4.69) is 14.9 Å². The Kier molecular flexibility index (Phi) is 4.44. The van der Waals surface area contributed by atoms with E-state index < -0.39 is 11.9 Å². The number of rotatable bonds is 3. The summed E-state index contributed by atoms with van der Waals surface area (Å²) in [7, 11) is 0. The van der Waals surface area contributed by atoms with Crippen LogP contribution in [0.15, 0.2) is 12.3 Å². The molecule has 2 heterocycles. The fourth-order valence-corrected chi connectivity index (χ4v) is 2.17. The molecule has 0 aromatic carbocycles. The second kappa shape index (κ2) is 5.92. The molecular formula is C12H18F3N5. The zero-order chi connectivity index (χ0) is 14.8. The van der Waals surface area contributed by atoms with Gasteiger partial charge >= 0.3 is 6.18 Å². The molecule has 0 spiro atoms. The lowest BCUT2D eigenvalue weighted by Crippen LogP contribution is -2.51. The third-order valence-electron chi connectivity index (χ3n) is 3.49. The smallest absolute Gasteiger partial charge is 0.338 e. The van der Waals surface area contributed by atoms with Gasteiger partial charge in [0.25, 0.3) is 0 Å². The summed E-state index contributed by atoms with van der Waals surface area (Å²) in [6, 6.07) is 1.16. The Balaban J connectivity index is 2.04. The number of halogens is 3. The van der Waals surface area contributed by atoms with E-state index in [1.54, 1.807) is 4.90 Å². The minimum absolute atomic E-state index is 0.139. The minimum atomic E-state index is -4.44. The number of alkyl halides is 3. The average molecular weight is 289 g/mol. The highest BCUT2D eigenvalue weighted by Gasteiger charge is 2.33. The molecule has 0 amide bonds. The van der Waals surface area contributed by atoms with Crippen molar-refractivity contribution >= 4 is 5.95 Å². The van der Waals surface area contributed by atoms with Crippen molar-refractivity contribution in [3.8, 4) is 0 Å². The maximum atomic E-state index is 12.6. The van der Waals surface area contributed by atoms with Gasteiger partial charge in [0.05, 0.1) is 0 Å². The van der Waals surface area contributed by atoms with Crippen LogP contribution in [-0.4, -0.2) is 53.6 Å². The van der Waals surface area contributed by atoms with Gasteiger partial charge in [0, 0.05) is 45.0 Å². The van der Waals surface area contributed by atoms with E-state index in [4.69, 9.17) is 5.73 Å². The Morgan fingerprint density at radius 3 is 2.50 bits per heavy atom. The predicted octanol–water partition coefficient (Wildman–Crippen LogP) is 0.965. The van der Waals surface area contributed by atoms with E-state index in [-0.39, 0.29) is 12.0 Å². The van der Waals surface area contributed by atoms with Crippen LogP contribution in [0.5, 0.6) is 0 Å². The zero-order valence-corrected chi connectivity index (χ0v) is 11.3. The van der Waals surface area contributed by atoms with Gasteiger partial charge in [0.2, 0.25) is 5.95 Å². The molecule has 2 N–H and O–H groups in total. The number of piperazine rings is 1. The highest BCUT2D eigenvalue weighted by molar-refractivity contribution is 5.31.